The Kier molecular flexibility index (Phi) is 5.41. The lowest BCUT2D eigenvalue weighted by Gasteiger charge is -2.37. The van der Waals surface area contributed by atoms with Crippen molar-refractivity contribution in [1.82, 2.24) is 4.72 Å². The van der Waals surface area contributed by atoms with Gasteiger partial charge in [-0.3, -0.25) is 9.59 Å². The van der Waals surface area contributed by atoms with Crippen molar-refractivity contribution in [1.29, 1.82) is 0 Å². The minimum atomic E-state index is -3.15. The van der Waals surface area contributed by atoms with E-state index in [0.29, 0.717) is 32.9 Å². The molecule has 5 rings (SSSR count). The largest absolute Gasteiger partial charge is 0.440 e. The second-order valence-corrected chi connectivity index (χ2v) is 12.0. The van der Waals surface area contributed by atoms with Gasteiger partial charge >= 0.3 is 0 Å². The van der Waals surface area contributed by atoms with Gasteiger partial charge in [0.15, 0.2) is 11.3 Å². The van der Waals surface area contributed by atoms with Crippen molar-refractivity contribution in [3.63, 3.8) is 0 Å². The van der Waals surface area contributed by atoms with Gasteiger partial charge in [0.25, 0.3) is 5.91 Å². The van der Waals surface area contributed by atoms with Crippen LogP contribution in [0.2, 0.25) is 0 Å². The van der Waals surface area contributed by atoms with Crippen LogP contribution >= 0.6 is 0 Å². The zero-order chi connectivity index (χ0) is 24.3. The molecule has 3 aromatic rings. The molecule has 8 heteroatoms. The summed E-state index contributed by atoms with van der Waals surface area (Å²) in [6.45, 7) is 9.91. The highest BCUT2D eigenvalue weighted by Crippen LogP contribution is 2.35. The highest BCUT2D eigenvalue weighted by Gasteiger charge is 2.31. The molecule has 2 atom stereocenters. The Bertz CT molecular complexity index is 1490. The summed E-state index contributed by atoms with van der Waals surface area (Å²) in [7, 11) is -3.15. The maximum absolute atomic E-state index is 13.7. The normalized spacial score (nSPS) is 22.5. The number of fused-ring (bicyclic) bond motifs is 2. The lowest BCUT2D eigenvalue weighted by atomic mass is 9.83. The third-order valence-corrected chi connectivity index (χ3v) is 8.90. The molecule has 1 fully saturated rings. The number of amides is 1. The number of anilines is 1. The quantitative estimate of drug-likeness (QED) is 0.570. The molecule has 0 radical (unpaired) electrons. The van der Waals surface area contributed by atoms with Gasteiger partial charge in [0.05, 0.1) is 15.8 Å². The van der Waals surface area contributed by atoms with E-state index in [-0.39, 0.29) is 10.8 Å². The van der Waals surface area contributed by atoms with Crippen molar-refractivity contribution >= 4 is 32.7 Å². The lowest BCUT2D eigenvalue weighted by Crippen LogP contribution is -2.37. The van der Waals surface area contributed by atoms with E-state index in [2.05, 4.69) is 27.8 Å². The molecule has 2 aliphatic rings. The van der Waals surface area contributed by atoms with Gasteiger partial charge in [0, 0.05) is 30.8 Å². The highest BCUT2D eigenvalue weighted by atomic mass is 32.2. The second-order valence-electron chi connectivity index (χ2n) is 10.1. The molecule has 0 spiro atoms. The van der Waals surface area contributed by atoms with Crippen LogP contribution in [0.3, 0.4) is 0 Å². The van der Waals surface area contributed by atoms with Gasteiger partial charge in [-0.15, -0.1) is 4.36 Å². The van der Waals surface area contributed by atoms with Gasteiger partial charge < -0.3 is 9.32 Å². The van der Waals surface area contributed by atoms with Crippen LogP contribution in [-0.2, 0) is 9.92 Å². The number of hydrogen-bond acceptors (Lipinski definition) is 5. The standard InChI is InChI=1S/C26H29N3O4S/c1-16-13-19(17(2)27-34(32)22-8-6-5-7-18(22)25(31)28-34)24-20(14-16)21(30)15-23(33-24)29-11-9-26(3,4)10-12-29/h5-8,13-15,17H,9-12H2,1-4H3,(H,27,28,31,32)/t17-,34-/m1/s1. The third-order valence-electron chi connectivity index (χ3n) is 6.85. The minimum Gasteiger partial charge on any atom is -0.440 e. The van der Waals surface area contributed by atoms with Crippen LogP contribution < -0.4 is 15.1 Å². The predicted molar refractivity (Wildman–Crippen MR) is 134 cm³/mol. The molecule has 34 heavy (non-hydrogen) atoms. The van der Waals surface area contributed by atoms with Crippen LogP contribution in [-0.4, -0.2) is 23.2 Å². The molecule has 0 bridgehead atoms. The van der Waals surface area contributed by atoms with Gasteiger partial charge in [-0.2, -0.15) is 0 Å². The van der Waals surface area contributed by atoms with Crippen molar-refractivity contribution in [2.24, 2.45) is 9.78 Å². The Morgan fingerprint density at radius 1 is 1.12 bits per heavy atom. The van der Waals surface area contributed by atoms with Crippen LogP contribution in [0.1, 0.15) is 61.1 Å². The van der Waals surface area contributed by atoms with Crippen LogP contribution in [0, 0.1) is 12.3 Å². The summed E-state index contributed by atoms with van der Waals surface area (Å²) in [5, 5.41) is 0.486. The number of aryl methyl sites for hydroxylation is 1. The molecule has 178 valence electrons. The fourth-order valence-corrected chi connectivity index (χ4v) is 6.66. The zero-order valence-corrected chi connectivity index (χ0v) is 20.7. The summed E-state index contributed by atoms with van der Waals surface area (Å²) in [6.07, 6.45) is 2.04. The molecule has 0 unspecified atom stereocenters. The Morgan fingerprint density at radius 2 is 1.82 bits per heavy atom. The highest BCUT2D eigenvalue weighted by molar-refractivity contribution is 7.92. The molecular weight excluding hydrogens is 450 g/mol. The van der Waals surface area contributed by atoms with E-state index in [1.54, 1.807) is 30.3 Å². The molecule has 7 nitrogen and oxygen atoms in total. The maximum Gasteiger partial charge on any atom is 0.287 e. The monoisotopic (exact) mass is 479 g/mol. The van der Waals surface area contributed by atoms with Crippen LogP contribution in [0.15, 0.2) is 60.9 Å². The van der Waals surface area contributed by atoms with Crippen molar-refractivity contribution in [2.75, 3.05) is 18.0 Å². The average Bonchev–Trinajstić information content (AvgIpc) is 3.03. The number of carbonyl (C=O) groups excluding carboxylic acids is 1. The van der Waals surface area contributed by atoms with Crippen molar-refractivity contribution in [3.8, 4) is 0 Å². The number of rotatable bonds is 4. The molecule has 2 aliphatic heterocycles. The van der Waals surface area contributed by atoms with Crippen LogP contribution in [0.25, 0.3) is 11.0 Å². The van der Waals surface area contributed by atoms with Gasteiger partial charge in [-0.1, -0.05) is 32.0 Å². The molecule has 0 aliphatic carbocycles. The van der Waals surface area contributed by atoms with E-state index >= 15 is 0 Å². The topological polar surface area (TPSA) is 92.0 Å². The summed E-state index contributed by atoms with van der Waals surface area (Å²) in [5.41, 5.74) is 2.60. The number of piperidine rings is 1. The van der Waals surface area contributed by atoms with Crippen LogP contribution in [0.5, 0.6) is 0 Å². The van der Waals surface area contributed by atoms with Crippen LogP contribution in [0.4, 0.5) is 5.88 Å². The SMILES string of the molecule is Cc1cc([C@@H](C)N[S@@]2(=O)=NC(=O)c3ccccc32)c2oc(N3CCC(C)(C)CC3)cc(=O)c2c1. The Morgan fingerprint density at radius 3 is 2.56 bits per heavy atom. The lowest BCUT2D eigenvalue weighted by molar-refractivity contribution is 0.101. The first-order valence-corrected chi connectivity index (χ1v) is 13.1. The van der Waals surface area contributed by atoms with Gasteiger partial charge in [0.1, 0.15) is 15.5 Å². The van der Waals surface area contributed by atoms with E-state index in [4.69, 9.17) is 4.42 Å². The third kappa shape index (κ3) is 3.95. The number of nitrogens with zero attached hydrogens (tertiary/aromatic N) is 2. The second kappa shape index (κ2) is 8.06. The number of hydrogen-bond donors (Lipinski definition) is 1. The van der Waals surface area contributed by atoms with E-state index in [0.717, 1.165) is 31.5 Å². The molecule has 1 saturated heterocycles. The first kappa shape index (κ1) is 22.8. The first-order valence-electron chi connectivity index (χ1n) is 11.6. The Hall–Kier alpha value is -2.97. The number of nitrogens with one attached hydrogen (secondary N) is 1. The molecule has 2 aromatic carbocycles. The van der Waals surface area contributed by atoms with Gasteiger partial charge in [-0.05, 0) is 55.9 Å². The molecular formula is C26H29N3O4S. The maximum atomic E-state index is 13.7. The summed E-state index contributed by atoms with van der Waals surface area (Å²) >= 11 is 0. The van der Waals surface area contributed by atoms with E-state index < -0.39 is 21.9 Å². The van der Waals surface area contributed by atoms with E-state index in [9.17, 15) is 13.8 Å². The van der Waals surface area contributed by atoms with Crippen molar-refractivity contribution in [2.45, 2.75) is 51.5 Å². The van der Waals surface area contributed by atoms with E-state index in [1.807, 2.05) is 26.0 Å². The molecule has 1 N–H and O–H groups in total. The van der Waals surface area contributed by atoms with Gasteiger partial charge in [-0.25, -0.2) is 8.93 Å². The predicted octanol–water partition coefficient (Wildman–Crippen LogP) is 4.97. The summed E-state index contributed by atoms with van der Waals surface area (Å²) in [5.74, 6) is 0.0665. The summed E-state index contributed by atoms with van der Waals surface area (Å²) in [6, 6.07) is 11.6. The smallest absolute Gasteiger partial charge is 0.287 e. The molecule has 0 saturated carbocycles. The van der Waals surface area contributed by atoms with E-state index in [1.165, 1.54) is 0 Å². The molecule has 1 amide bonds. The fraction of sp³-hybridized carbons (Fsp3) is 0.385. The van der Waals surface area contributed by atoms with Crippen molar-refractivity contribution < 1.29 is 13.4 Å². The summed E-state index contributed by atoms with van der Waals surface area (Å²) < 4.78 is 27.0. The summed E-state index contributed by atoms with van der Waals surface area (Å²) in [4.78, 5) is 27.9. The zero-order valence-electron chi connectivity index (χ0n) is 19.9. The average molecular weight is 480 g/mol. The number of benzene rings is 2. The first-order chi connectivity index (χ1) is 16.1. The molecule has 3 heterocycles. The minimum absolute atomic E-state index is 0.103. The number of carbonyl (C=O) groups is 1. The van der Waals surface area contributed by atoms with Gasteiger partial charge in [0.2, 0.25) is 0 Å². The molecule has 1 aromatic heterocycles. The fourth-order valence-electron chi connectivity index (χ4n) is 4.72. The van der Waals surface area contributed by atoms with Crippen molar-refractivity contribution in [3.05, 3.63) is 69.4 Å². The Balaban J connectivity index is 1.56. The Labute approximate surface area is 199 Å².